The average molecular weight is 320 g/mol. The summed E-state index contributed by atoms with van der Waals surface area (Å²) in [7, 11) is 0. The van der Waals surface area contributed by atoms with Gasteiger partial charge in [0.25, 0.3) is 0 Å². The molecule has 3 rings (SSSR count). The molecular formula is C18H25FN2O2. The van der Waals surface area contributed by atoms with Crippen molar-refractivity contribution < 1.29 is 14.3 Å². The Morgan fingerprint density at radius 2 is 2.04 bits per heavy atom. The first kappa shape index (κ1) is 16.4. The van der Waals surface area contributed by atoms with Gasteiger partial charge in [-0.15, -0.1) is 0 Å². The van der Waals surface area contributed by atoms with E-state index in [0.29, 0.717) is 12.6 Å². The van der Waals surface area contributed by atoms with Gasteiger partial charge in [0.2, 0.25) is 5.91 Å². The van der Waals surface area contributed by atoms with Crippen molar-refractivity contribution >= 4 is 5.91 Å². The van der Waals surface area contributed by atoms with Crippen LogP contribution in [0.4, 0.5) is 4.39 Å². The van der Waals surface area contributed by atoms with E-state index in [2.05, 4.69) is 10.2 Å². The van der Waals surface area contributed by atoms with Crippen LogP contribution in [0.5, 0.6) is 0 Å². The second-order valence-corrected chi connectivity index (χ2v) is 6.87. The van der Waals surface area contributed by atoms with E-state index in [9.17, 15) is 14.3 Å². The molecule has 1 saturated carbocycles. The largest absolute Gasteiger partial charge is 0.387 e. The van der Waals surface area contributed by atoms with Crippen molar-refractivity contribution in [3.05, 3.63) is 35.1 Å². The van der Waals surface area contributed by atoms with E-state index in [4.69, 9.17) is 0 Å². The molecule has 0 aromatic heterocycles. The molecule has 1 saturated heterocycles. The monoisotopic (exact) mass is 320 g/mol. The third-order valence-corrected chi connectivity index (χ3v) is 4.90. The molecule has 0 bridgehead atoms. The number of aliphatic hydroxyl groups is 1. The van der Waals surface area contributed by atoms with Crippen molar-refractivity contribution in [2.24, 2.45) is 5.92 Å². The molecule has 126 valence electrons. The maximum Gasteiger partial charge on any atom is 0.223 e. The fourth-order valence-corrected chi connectivity index (χ4v) is 3.28. The summed E-state index contributed by atoms with van der Waals surface area (Å²) < 4.78 is 13.2. The van der Waals surface area contributed by atoms with E-state index in [1.807, 2.05) is 6.92 Å². The number of halogens is 1. The van der Waals surface area contributed by atoms with Crippen LogP contribution in [0.3, 0.4) is 0 Å². The van der Waals surface area contributed by atoms with Crippen molar-refractivity contribution in [1.29, 1.82) is 0 Å². The highest BCUT2D eigenvalue weighted by molar-refractivity contribution is 5.79. The zero-order chi connectivity index (χ0) is 16.4. The smallest absolute Gasteiger partial charge is 0.223 e. The SMILES string of the molecule is Cc1cc(F)ccc1C(O)CN1CCC(C(=O)NC2CC2)CC1. The number of aryl methyl sites for hydroxylation is 1. The first-order chi connectivity index (χ1) is 11.0. The van der Waals surface area contributed by atoms with Gasteiger partial charge < -0.3 is 15.3 Å². The number of likely N-dealkylation sites (tertiary alicyclic amines) is 1. The van der Waals surface area contributed by atoms with Crippen LogP contribution in [0.1, 0.15) is 42.9 Å². The summed E-state index contributed by atoms with van der Waals surface area (Å²) in [4.78, 5) is 14.2. The molecule has 2 fully saturated rings. The second-order valence-electron chi connectivity index (χ2n) is 6.87. The van der Waals surface area contributed by atoms with Gasteiger partial charge in [0, 0.05) is 18.5 Å². The lowest BCUT2D eigenvalue weighted by molar-refractivity contribution is -0.126. The van der Waals surface area contributed by atoms with Gasteiger partial charge in [0.15, 0.2) is 0 Å². The summed E-state index contributed by atoms with van der Waals surface area (Å²) in [5.74, 6) is 0.0274. The number of rotatable bonds is 5. The van der Waals surface area contributed by atoms with Crippen molar-refractivity contribution in [2.75, 3.05) is 19.6 Å². The highest BCUT2D eigenvalue weighted by atomic mass is 19.1. The molecular weight excluding hydrogens is 295 g/mol. The van der Waals surface area contributed by atoms with Crippen LogP contribution in [0, 0.1) is 18.7 Å². The number of carbonyl (C=O) groups excluding carboxylic acids is 1. The Morgan fingerprint density at radius 3 is 2.65 bits per heavy atom. The van der Waals surface area contributed by atoms with Crippen molar-refractivity contribution in [3.8, 4) is 0 Å². The third kappa shape index (κ3) is 4.30. The van der Waals surface area contributed by atoms with E-state index in [1.165, 1.54) is 12.1 Å². The number of piperidine rings is 1. The quantitative estimate of drug-likeness (QED) is 0.874. The van der Waals surface area contributed by atoms with E-state index in [0.717, 1.165) is 49.9 Å². The van der Waals surface area contributed by atoms with Crippen molar-refractivity contribution in [3.63, 3.8) is 0 Å². The van der Waals surface area contributed by atoms with Crippen molar-refractivity contribution in [2.45, 2.75) is 44.8 Å². The summed E-state index contributed by atoms with van der Waals surface area (Å²) in [5.41, 5.74) is 1.55. The normalized spacial score (nSPS) is 21.2. The molecule has 1 amide bonds. The second kappa shape index (κ2) is 6.97. The van der Waals surface area contributed by atoms with Gasteiger partial charge in [0.1, 0.15) is 5.82 Å². The number of carbonyl (C=O) groups is 1. The molecule has 4 nitrogen and oxygen atoms in total. The number of benzene rings is 1. The number of β-amino-alcohol motifs (C(OH)–C–C–N with tert-alkyl or cyclic N) is 1. The summed E-state index contributed by atoms with van der Waals surface area (Å²) in [6.07, 6.45) is 3.30. The van der Waals surface area contributed by atoms with Gasteiger partial charge in [-0.3, -0.25) is 4.79 Å². The number of hydrogen-bond acceptors (Lipinski definition) is 3. The number of hydrogen-bond donors (Lipinski definition) is 2. The zero-order valence-corrected chi connectivity index (χ0v) is 13.6. The number of aliphatic hydroxyl groups excluding tert-OH is 1. The molecule has 23 heavy (non-hydrogen) atoms. The molecule has 5 heteroatoms. The minimum absolute atomic E-state index is 0.108. The van der Waals surface area contributed by atoms with Gasteiger partial charge in [-0.25, -0.2) is 4.39 Å². The Balaban J connectivity index is 1.48. The molecule has 1 unspecified atom stereocenters. The highest BCUT2D eigenvalue weighted by Crippen LogP contribution is 2.25. The van der Waals surface area contributed by atoms with E-state index in [1.54, 1.807) is 6.07 Å². The average Bonchev–Trinajstić information content (AvgIpc) is 3.31. The standard InChI is InChI=1S/C18H25FN2O2/c1-12-10-14(19)2-5-16(12)17(22)11-21-8-6-13(7-9-21)18(23)20-15-3-4-15/h2,5,10,13,15,17,22H,3-4,6-9,11H2,1H3,(H,20,23). The topological polar surface area (TPSA) is 52.6 Å². The predicted octanol–water partition coefficient (Wildman–Crippen LogP) is 2.16. The van der Waals surface area contributed by atoms with E-state index in [-0.39, 0.29) is 17.6 Å². The molecule has 1 atom stereocenters. The minimum atomic E-state index is -0.618. The Bertz CT molecular complexity index is 566. The van der Waals surface area contributed by atoms with Crippen molar-refractivity contribution in [1.82, 2.24) is 10.2 Å². The van der Waals surface area contributed by atoms with Gasteiger partial charge in [-0.2, -0.15) is 0 Å². The number of nitrogens with zero attached hydrogens (tertiary/aromatic N) is 1. The van der Waals surface area contributed by atoms with Crippen LogP contribution in [0.2, 0.25) is 0 Å². The molecule has 1 aromatic rings. The zero-order valence-electron chi connectivity index (χ0n) is 13.6. The first-order valence-electron chi connectivity index (χ1n) is 8.50. The Kier molecular flexibility index (Phi) is 4.97. The Morgan fingerprint density at radius 1 is 1.35 bits per heavy atom. The van der Waals surface area contributed by atoms with Gasteiger partial charge in [-0.1, -0.05) is 6.07 Å². The van der Waals surface area contributed by atoms with E-state index < -0.39 is 6.10 Å². The first-order valence-corrected chi connectivity index (χ1v) is 8.50. The van der Waals surface area contributed by atoms with Gasteiger partial charge >= 0.3 is 0 Å². The fourth-order valence-electron chi connectivity index (χ4n) is 3.28. The van der Waals surface area contributed by atoms with Crippen LogP contribution in [-0.4, -0.2) is 41.6 Å². The Labute approximate surface area is 136 Å². The summed E-state index contributed by atoms with van der Waals surface area (Å²) in [6.45, 7) is 3.99. The lowest BCUT2D eigenvalue weighted by atomic mass is 9.95. The molecule has 2 aliphatic rings. The summed E-state index contributed by atoms with van der Waals surface area (Å²) >= 11 is 0. The molecule has 1 aliphatic carbocycles. The van der Waals surface area contributed by atoms with Gasteiger partial charge in [-0.05, 0) is 69.0 Å². The van der Waals surface area contributed by atoms with Crippen LogP contribution in [0.25, 0.3) is 0 Å². The number of amides is 1. The maximum absolute atomic E-state index is 13.2. The molecule has 1 aromatic carbocycles. The number of nitrogens with one attached hydrogen (secondary N) is 1. The van der Waals surface area contributed by atoms with Crippen LogP contribution in [0.15, 0.2) is 18.2 Å². The minimum Gasteiger partial charge on any atom is -0.387 e. The molecule has 0 spiro atoms. The summed E-state index contributed by atoms with van der Waals surface area (Å²) in [6, 6.07) is 4.92. The predicted molar refractivity (Wildman–Crippen MR) is 86.4 cm³/mol. The Hall–Kier alpha value is -1.46. The molecule has 2 N–H and O–H groups in total. The lowest BCUT2D eigenvalue weighted by Gasteiger charge is -2.32. The maximum atomic E-state index is 13.2. The lowest BCUT2D eigenvalue weighted by Crippen LogP contribution is -2.42. The van der Waals surface area contributed by atoms with Gasteiger partial charge in [0.05, 0.1) is 6.10 Å². The highest BCUT2D eigenvalue weighted by Gasteiger charge is 2.30. The van der Waals surface area contributed by atoms with E-state index >= 15 is 0 Å². The molecule has 1 heterocycles. The fraction of sp³-hybridized carbons (Fsp3) is 0.611. The van der Waals surface area contributed by atoms with Crippen LogP contribution in [-0.2, 0) is 4.79 Å². The molecule has 1 aliphatic heterocycles. The third-order valence-electron chi connectivity index (χ3n) is 4.90. The van der Waals surface area contributed by atoms with Crippen LogP contribution < -0.4 is 5.32 Å². The summed E-state index contributed by atoms with van der Waals surface area (Å²) in [5, 5.41) is 13.5. The van der Waals surface area contributed by atoms with Crippen LogP contribution >= 0.6 is 0 Å². The molecule has 0 radical (unpaired) electrons.